The Kier molecular flexibility index (Phi) is 7.64. The average molecular weight is 451 g/mol. The molecule has 3 saturated heterocycles. The van der Waals surface area contributed by atoms with E-state index in [1.54, 1.807) is 0 Å². The molecule has 0 radical (unpaired) electrons. The van der Waals surface area contributed by atoms with Crippen LogP contribution in [-0.4, -0.2) is 96.2 Å². The minimum atomic E-state index is 0.848. The summed E-state index contributed by atoms with van der Waals surface area (Å²) in [6, 6.07) is 9.82. The molecule has 0 bridgehead atoms. The lowest BCUT2D eigenvalue weighted by atomic mass is 10.00. The maximum atomic E-state index is 4.69. The number of imidazole rings is 1. The van der Waals surface area contributed by atoms with Gasteiger partial charge in [0.15, 0.2) is 0 Å². The fourth-order valence-corrected chi connectivity index (χ4v) is 5.81. The molecule has 1 aromatic heterocycles. The van der Waals surface area contributed by atoms with Crippen molar-refractivity contribution >= 4 is 5.69 Å². The summed E-state index contributed by atoms with van der Waals surface area (Å²) in [5.74, 6) is 0. The van der Waals surface area contributed by atoms with Gasteiger partial charge in [-0.1, -0.05) is 18.6 Å². The number of piperazine rings is 1. The molecule has 6 nitrogen and oxygen atoms in total. The van der Waals surface area contributed by atoms with E-state index in [2.05, 4.69) is 66.7 Å². The van der Waals surface area contributed by atoms with Gasteiger partial charge in [0.1, 0.15) is 0 Å². The lowest BCUT2D eigenvalue weighted by Crippen LogP contribution is -2.46. The van der Waals surface area contributed by atoms with Crippen LogP contribution in [-0.2, 0) is 6.54 Å². The lowest BCUT2D eigenvalue weighted by molar-refractivity contribution is 0.0916. The number of anilines is 1. The molecule has 180 valence electrons. The molecule has 3 aliphatic rings. The molecule has 2 aromatic rings. The second-order valence-corrected chi connectivity index (χ2v) is 10.4. The molecule has 0 N–H and O–H groups in total. The molecule has 0 amide bonds. The van der Waals surface area contributed by atoms with E-state index in [0.717, 1.165) is 44.5 Å². The van der Waals surface area contributed by atoms with Crippen molar-refractivity contribution in [3.05, 3.63) is 36.8 Å². The zero-order valence-corrected chi connectivity index (χ0v) is 20.5. The summed E-state index contributed by atoms with van der Waals surface area (Å²) in [5, 5.41) is 0. The third-order valence-corrected chi connectivity index (χ3v) is 8.02. The van der Waals surface area contributed by atoms with Crippen molar-refractivity contribution in [1.82, 2.24) is 24.3 Å². The molecule has 3 fully saturated rings. The summed E-state index contributed by atoms with van der Waals surface area (Å²) in [5.41, 5.74) is 3.63. The Labute approximate surface area is 200 Å². The number of aryl methyl sites for hydroxylation is 1. The smallest absolute Gasteiger partial charge is 0.0953 e. The molecule has 1 aromatic carbocycles. The highest BCUT2D eigenvalue weighted by molar-refractivity contribution is 5.62. The molecule has 5 rings (SSSR count). The monoisotopic (exact) mass is 450 g/mol. The Balaban J connectivity index is 1.05. The maximum Gasteiger partial charge on any atom is 0.0953 e. The van der Waals surface area contributed by atoms with Crippen LogP contribution in [0.4, 0.5) is 5.69 Å². The number of benzene rings is 1. The van der Waals surface area contributed by atoms with Gasteiger partial charge < -0.3 is 24.2 Å². The molecule has 0 unspecified atom stereocenters. The van der Waals surface area contributed by atoms with Crippen LogP contribution in [0.2, 0.25) is 0 Å². The second-order valence-electron chi connectivity index (χ2n) is 10.4. The van der Waals surface area contributed by atoms with Crippen molar-refractivity contribution in [2.24, 2.45) is 0 Å². The molecule has 0 spiro atoms. The second kappa shape index (κ2) is 11.0. The van der Waals surface area contributed by atoms with E-state index in [1.165, 1.54) is 82.5 Å². The molecule has 6 heteroatoms. The molecule has 0 saturated carbocycles. The normalized spacial score (nSPS) is 22.2. The van der Waals surface area contributed by atoms with Crippen LogP contribution in [0, 0.1) is 0 Å². The van der Waals surface area contributed by atoms with Crippen molar-refractivity contribution in [2.45, 2.75) is 51.1 Å². The van der Waals surface area contributed by atoms with E-state index in [1.807, 2.05) is 6.33 Å². The molecule has 0 aliphatic carbocycles. The summed E-state index contributed by atoms with van der Waals surface area (Å²) in [7, 11) is 2.20. The number of rotatable bonds is 7. The van der Waals surface area contributed by atoms with Gasteiger partial charge in [-0.15, -0.1) is 0 Å². The first kappa shape index (κ1) is 22.9. The number of hydrogen-bond donors (Lipinski definition) is 0. The van der Waals surface area contributed by atoms with Crippen molar-refractivity contribution < 1.29 is 0 Å². The first-order chi connectivity index (χ1) is 16.2. The van der Waals surface area contributed by atoms with Gasteiger partial charge >= 0.3 is 0 Å². The highest BCUT2D eigenvalue weighted by Crippen LogP contribution is 2.23. The Hall–Kier alpha value is -1.89. The molecule has 4 heterocycles. The van der Waals surface area contributed by atoms with Gasteiger partial charge in [-0.25, -0.2) is 4.98 Å². The van der Waals surface area contributed by atoms with Crippen LogP contribution in [0.15, 0.2) is 36.8 Å². The summed E-state index contributed by atoms with van der Waals surface area (Å²) < 4.78 is 2.27. The van der Waals surface area contributed by atoms with E-state index in [0.29, 0.717) is 0 Å². The quantitative estimate of drug-likeness (QED) is 0.643. The minimum absolute atomic E-state index is 0.848. The van der Waals surface area contributed by atoms with Crippen LogP contribution >= 0.6 is 0 Å². The van der Waals surface area contributed by atoms with E-state index in [-0.39, 0.29) is 0 Å². The summed E-state index contributed by atoms with van der Waals surface area (Å²) >= 11 is 0. The Morgan fingerprint density at radius 3 is 2.27 bits per heavy atom. The number of likely N-dealkylation sites (tertiary alicyclic amines) is 2. The van der Waals surface area contributed by atoms with Crippen LogP contribution in [0.1, 0.15) is 38.5 Å². The molecule has 3 aliphatic heterocycles. The van der Waals surface area contributed by atoms with Crippen molar-refractivity contribution in [1.29, 1.82) is 0 Å². The van der Waals surface area contributed by atoms with Crippen molar-refractivity contribution in [3.8, 4) is 11.3 Å². The number of hydrogen-bond acceptors (Lipinski definition) is 5. The highest BCUT2D eigenvalue weighted by atomic mass is 15.2. The topological polar surface area (TPSA) is 30.8 Å². The largest absolute Gasteiger partial charge is 0.369 e. The van der Waals surface area contributed by atoms with Crippen LogP contribution in [0.25, 0.3) is 11.3 Å². The van der Waals surface area contributed by atoms with E-state index in [4.69, 9.17) is 0 Å². The van der Waals surface area contributed by atoms with Crippen LogP contribution in [0.3, 0.4) is 0 Å². The van der Waals surface area contributed by atoms with E-state index < -0.39 is 0 Å². The summed E-state index contributed by atoms with van der Waals surface area (Å²) in [4.78, 5) is 15.0. The van der Waals surface area contributed by atoms with Gasteiger partial charge in [-0.05, 0) is 84.0 Å². The van der Waals surface area contributed by atoms with Gasteiger partial charge in [0.05, 0.1) is 12.0 Å². The Bertz CT molecular complexity index is 840. The zero-order valence-electron chi connectivity index (χ0n) is 20.5. The summed E-state index contributed by atoms with van der Waals surface area (Å²) in [6.07, 6.45) is 12.4. The van der Waals surface area contributed by atoms with E-state index in [9.17, 15) is 0 Å². The number of nitrogens with zero attached hydrogens (tertiary/aromatic N) is 6. The Morgan fingerprint density at radius 1 is 0.818 bits per heavy atom. The van der Waals surface area contributed by atoms with Gasteiger partial charge in [0.2, 0.25) is 0 Å². The first-order valence-electron chi connectivity index (χ1n) is 13.3. The molecular formula is C27H42N6. The molecule has 0 atom stereocenters. The standard InChI is InChI=1S/C27H42N6/c1-29-18-20-33(21-19-29)25-8-6-24(7-9-25)27-22-31(23-28-27)13-5-12-30-16-10-26(11-17-30)32-14-3-2-4-15-32/h6-9,22-23,26H,2-5,10-21H2,1H3. The van der Waals surface area contributed by atoms with Crippen LogP contribution in [0.5, 0.6) is 0 Å². The lowest BCUT2D eigenvalue weighted by Gasteiger charge is -2.40. The predicted octanol–water partition coefficient (Wildman–Crippen LogP) is 3.64. The van der Waals surface area contributed by atoms with Gasteiger partial charge in [-0.2, -0.15) is 0 Å². The van der Waals surface area contributed by atoms with Crippen molar-refractivity contribution in [2.75, 3.05) is 70.9 Å². The van der Waals surface area contributed by atoms with Gasteiger partial charge in [-0.3, -0.25) is 0 Å². The van der Waals surface area contributed by atoms with Gasteiger partial charge in [0, 0.05) is 56.2 Å². The van der Waals surface area contributed by atoms with Crippen molar-refractivity contribution in [3.63, 3.8) is 0 Å². The van der Waals surface area contributed by atoms with Crippen LogP contribution < -0.4 is 4.90 Å². The fraction of sp³-hybridized carbons (Fsp3) is 0.667. The molecular weight excluding hydrogens is 408 g/mol. The highest BCUT2D eigenvalue weighted by Gasteiger charge is 2.25. The number of likely N-dealkylation sites (N-methyl/N-ethyl adjacent to an activating group) is 1. The fourth-order valence-electron chi connectivity index (χ4n) is 5.81. The minimum Gasteiger partial charge on any atom is -0.369 e. The maximum absolute atomic E-state index is 4.69. The molecule has 33 heavy (non-hydrogen) atoms. The first-order valence-corrected chi connectivity index (χ1v) is 13.3. The zero-order chi connectivity index (χ0) is 22.5. The summed E-state index contributed by atoms with van der Waals surface area (Å²) in [6.45, 7) is 12.0. The SMILES string of the molecule is CN1CCN(c2ccc(-c3cn(CCCN4CCC(N5CCCCC5)CC4)cn3)cc2)CC1. The predicted molar refractivity (Wildman–Crippen MR) is 137 cm³/mol. The average Bonchev–Trinajstić information content (AvgIpc) is 3.35. The number of piperidine rings is 2. The third-order valence-electron chi connectivity index (χ3n) is 8.02. The number of aromatic nitrogens is 2. The Morgan fingerprint density at radius 2 is 1.55 bits per heavy atom. The van der Waals surface area contributed by atoms with Gasteiger partial charge in [0.25, 0.3) is 0 Å². The third kappa shape index (κ3) is 5.97. The van der Waals surface area contributed by atoms with E-state index >= 15 is 0 Å².